The van der Waals surface area contributed by atoms with Crippen LogP contribution in [0.25, 0.3) is 0 Å². The molecule has 1 rings (SSSR count). The first kappa shape index (κ1) is 37.2. The summed E-state index contributed by atoms with van der Waals surface area (Å²) in [6.45, 7) is 9.39. The van der Waals surface area contributed by atoms with Gasteiger partial charge in [-0.1, -0.05) is 175 Å². The van der Waals surface area contributed by atoms with Crippen molar-refractivity contribution in [2.45, 2.75) is 226 Å². The summed E-state index contributed by atoms with van der Waals surface area (Å²) in [5.74, 6) is 1.62. The minimum absolute atomic E-state index is 1.23. The van der Waals surface area contributed by atoms with Crippen molar-refractivity contribution in [1.82, 2.24) is 4.57 Å². The van der Waals surface area contributed by atoms with Crippen LogP contribution in [0.3, 0.4) is 0 Å². The Labute approximate surface area is 253 Å². The third-order valence-corrected chi connectivity index (χ3v) is 9.10. The molecule has 0 atom stereocenters. The van der Waals surface area contributed by atoms with E-state index in [9.17, 15) is 0 Å². The van der Waals surface area contributed by atoms with Gasteiger partial charge in [-0.25, -0.2) is 9.13 Å². The lowest BCUT2D eigenvalue weighted by molar-refractivity contribution is -0.704. The van der Waals surface area contributed by atoms with Gasteiger partial charge in [0.2, 0.25) is 0 Å². The topological polar surface area (TPSA) is 8.81 Å². The number of aromatic nitrogens is 2. The van der Waals surface area contributed by atoms with Crippen LogP contribution in [0.2, 0.25) is 0 Å². The second-order valence-electron chi connectivity index (χ2n) is 13.0. The number of unbranched alkanes of at least 4 members (excludes halogenated alkanes) is 26. The summed E-state index contributed by atoms with van der Waals surface area (Å²) in [5.41, 5.74) is 0. The van der Waals surface area contributed by atoms with Gasteiger partial charge in [-0.15, -0.1) is 0 Å². The molecule has 0 aliphatic carbocycles. The van der Waals surface area contributed by atoms with Gasteiger partial charge in [-0.3, -0.25) is 0 Å². The van der Waals surface area contributed by atoms with Gasteiger partial charge >= 0.3 is 0 Å². The summed E-state index contributed by atoms with van der Waals surface area (Å²) in [5, 5.41) is 0. The van der Waals surface area contributed by atoms with E-state index in [0.717, 1.165) is 0 Å². The largest absolute Gasteiger partial charge is 0.256 e. The van der Waals surface area contributed by atoms with Crippen molar-refractivity contribution in [3.05, 3.63) is 18.2 Å². The van der Waals surface area contributed by atoms with E-state index in [1.165, 1.54) is 206 Å². The van der Waals surface area contributed by atoms with Crippen LogP contribution in [0.15, 0.2) is 12.4 Å². The molecule has 2 heteroatoms. The second kappa shape index (κ2) is 29.7. The number of hydrogen-bond acceptors (Lipinski definition) is 0. The zero-order valence-electron chi connectivity index (χ0n) is 28.2. The fourth-order valence-electron chi connectivity index (χ4n) is 6.33. The monoisotopic (exact) mass is 560 g/mol. The Balaban J connectivity index is 2.26. The van der Waals surface area contributed by atoms with Crippen molar-refractivity contribution in [2.75, 3.05) is 0 Å². The highest BCUT2D eigenvalue weighted by atomic mass is 15.1. The molecule has 0 unspecified atom stereocenters. The summed E-state index contributed by atoms with van der Waals surface area (Å²) in [6, 6.07) is 0. The average molecular weight is 560 g/mol. The predicted molar refractivity (Wildman–Crippen MR) is 179 cm³/mol. The fraction of sp³-hybridized carbons (Fsp3) is 0.921. The second-order valence-corrected chi connectivity index (χ2v) is 13.0. The molecule has 0 aliphatic rings. The lowest BCUT2D eigenvalue weighted by atomic mass is 10.0. The van der Waals surface area contributed by atoms with Crippen LogP contribution in [-0.4, -0.2) is 4.57 Å². The number of rotatable bonds is 32. The average Bonchev–Trinajstić information content (AvgIpc) is 3.35. The molecule has 40 heavy (non-hydrogen) atoms. The van der Waals surface area contributed by atoms with E-state index in [0.29, 0.717) is 0 Å². The van der Waals surface area contributed by atoms with E-state index < -0.39 is 0 Å². The molecule has 1 aromatic heterocycles. The van der Waals surface area contributed by atoms with Gasteiger partial charge in [0.25, 0.3) is 5.82 Å². The summed E-state index contributed by atoms with van der Waals surface area (Å²) < 4.78 is 5.25. The lowest BCUT2D eigenvalue weighted by Gasteiger charge is -2.07. The number of imidazole rings is 1. The minimum atomic E-state index is 1.23. The molecule has 0 aliphatic heterocycles. The van der Waals surface area contributed by atoms with Gasteiger partial charge in [-0.2, -0.15) is 0 Å². The summed E-state index contributed by atoms with van der Waals surface area (Å²) in [7, 11) is 0. The quantitative estimate of drug-likeness (QED) is 0.0613. The molecular weight excluding hydrogens is 484 g/mol. The van der Waals surface area contributed by atoms with E-state index in [1.54, 1.807) is 5.82 Å². The lowest BCUT2D eigenvalue weighted by Crippen LogP contribution is -2.37. The zero-order valence-corrected chi connectivity index (χ0v) is 28.2. The summed E-state index contributed by atoms with van der Waals surface area (Å²) in [4.78, 5) is 0. The molecular formula is C38H75N2+. The van der Waals surface area contributed by atoms with Gasteiger partial charge in [0.05, 0.1) is 13.1 Å². The van der Waals surface area contributed by atoms with Crippen LogP contribution in [0.1, 0.15) is 213 Å². The van der Waals surface area contributed by atoms with Gasteiger partial charge < -0.3 is 0 Å². The van der Waals surface area contributed by atoms with Gasteiger partial charge in [0.15, 0.2) is 0 Å². The van der Waals surface area contributed by atoms with Gasteiger partial charge in [0.1, 0.15) is 12.4 Å². The van der Waals surface area contributed by atoms with Crippen LogP contribution in [-0.2, 0) is 19.5 Å². The summed E-state index contributed by atoms with van der Waals surface area (Å²) >= 11 is 0. The minimum Gasteiger partial charge on any atom is -0.234 e. The maximum Gasteiger partial charge on any atom is 0.256 e. The molecule has 0 bridgehead atoms. The van der Waals surface area contributed by atoms with Crippen molar-refractivity contribution >= 4 is 0 Å². The van der Waals surface area contributed by atoms with Crippen molar-refractivity contribution in [2.24, 2.45) is 0 Å². The van der Waals surface area contributed by atoms with Gasteiger partial charge in [-0.05, 0) is 32.1 Å². The fourth-order valence-corrected chi connectivity index (χ4v) is 6.33. The third kappa shape index (κ3) is 21.9. The van der Waals surface area contributed by atoms with Crippen LogP contribution >= 0.6 is 0 Å². The Bertz CT molecular complexity index is 619. The maximum absolute atomic E-state index is 2.63. The molecule has 2 nitrogen and oxygen atoms in total. The van der Waals surface area contributed by atoms with Crippen LogP contribution in [0.5, 0.6) is 0 Å². The van der Waals surface area contributed by atoms with Crippen LogP contribution in [0, 0.1) is 0 Å². The Morgan fingerprint density at radius 1 is 0.425 bits per heavy atom. The molecule has 0 N–H and O–H groups in total. The molecule has 0 radical (unpaired) electrons. The zero-order chi connectivity index (χ0) is 28.8. The smallest absolute Gasteiger partial charge is 0.234 e. The van der Waals surface area contributed by atoms with Crippen molar-refractivity contribution in [3.63, 3.8) is 0 Å². The predicted octanol–water partition coefficient (Wildman–Crippen LogP) is 12.7. The standard InChI is InChI=1S/C38H75N2/c1-4-7-10-13-16-18-19-20-21-22-23-25-27-30-33-38-39(34-31-28-15-12-9-6-3)36-37-40(38)35-32-29-26-24-17-14-11-8-5-2/h36-37H,4-35H2,1-3H3/q+1. The van der Waals surface area contributed by atoms with E-state index in [1.807, 2.05) is 0 Å². The van der Waals surface area contributed by atoms with Crippen molar-refractivity contribution in [3.8, 4) is 0 Å². The Kier molecular flexibility index (Phi) is 27.6. The van der Waals surface area contributed by atoms with Gasteiger partial charge in [0, 0.05) is 6.42 Å². The molecule has 0 aromatic carbocycles. The molecule has 0 amide bonds. The van der Waals surface area contributed by atoms with E-state index >= 15 is 0 Å². The first-order chi connectivity index (χ1) is 19.8. The molecule has 0 fully saturated rings. The number of aryl methyl sites for hydroxylation is 2. The summed E-state index contributed by atoms with van der Waals surface area (Å²) in [6.07, 6.45) is 47.4. The molecule has 0 saturated carbocycles. The molecule has 1 aromatic rings. The Morgan fingerprint density at radius 3 is 1.20 bits per heavy atom. The first-order valence-electron chi connectivity index (χ1n) is 18.9. The molecule has 1 heterocycles. The number of nitrogens with zero attached hydrogens (tertiary/aromatic N) is 2. The molecule has 0 saturated heterocycles. The third-order valence-electron chi connectivity index (χ3n) is 9.10. The van der Waals surface area contributed by atoms with Crippen molar-refractivity contribution < 1.29 is 4.57 Å². The highest BCUT2D eigenvalue weighted by molar-refractivity contribution is 4.84. The Hall–Kier alpha value is -0.790. The van der Waals surface area contributed by atoms with E-state index in [-0.39, 0.29) is 0 Å². The number of hydrogen-bond donors (Lipinski definition) is 0. The molecule has 236 valence electrons. The normalized spacial score (nSPS) is 11.6. The highest BCUT2D eigenvalue weighted by Gasteiger charge is 2.16. The SMILES string of the molecule is CCCCCCCCCCCCCCCCc1n(CCCCCCCC)cc[n+]1CCCCCCCCCCC. The Morgan fingerprint density at radius 2 is 0.775 bits per heavy atom. The van der Waals surface area contributed by atoms with Crippen LogP contribution in [0.4, 0.5) is 0 Å². The highest BCUT2D eigenvalue weighted by Crippen LogP contribution is 2.15. The van der Waals surface area contributed by atoms with Crippen molar-refractivity contribution in [1.29, 1.82) is 0 Å². The van der Waals surface area contributed by atoms with E-state index in [4.69, 9.17) is 0 Å². The van der Waals surface area contributed by atoms with Crippen LogP contribution < -0.4 is 4.57 Å². The van der Waals surface area contributed by atoms with E-state index in [2.05, 4.69) is 42.3 Å². The first-order valence-corrected chi connectivity index (χ1v) is 18.9. The molecule has 0 spiro atoms. The maximum atomic E-state index is 2.63.